The van der Waals surface area contributed by atoms with Gasteiger partial charge in [-0.25, -0.2) is 4.68 Å². The summed E-state index contributed by atoms with van der Waals surface area (Å²) in [5, 5.41) is 36.6. The molecule has 1 heterocycles. The molecule has 0 aliphatic rings. The first-order valence-electron chi connectivity index (χ1n) is 10.7. The van der Waals surface area contributed by atoms with Crippen LogP contribution in [0.5, 0.6) is 5.75 Å². The van der Waals surface area contributed by atoms with Gasteiger partial charge in [0, 0.05) is 11.0 Å². The fourth-order valence-corrected chi connectivity index (χ4v) is 3.61. The van der Waals surface area contributed by atoms with Crippen molar-refractivity contribution in [2.24, 2.45) is 0 Å². The van der Waals surface area contributed by atoms with Gasteiger partial charge in [0.2, 0.25) is 0 Å². The molecule has 35 heavy (non-hydrogen) atoms. The normalized spacial score (nSPS) is 12.7. The number of aromatic nitrogens is 3. The zero-order chi connectivity index (χ0) is 25.4. The number of nitrogens with zero attached hydrogens (tertiary/aromatic N) is 3. The lowest BCUT2D eigenvalue weighted by Gasteiger charge is -2.27. The van der Waals surface area contributed by atoms with Gasteiger partial charge < -0.3 is 24.8 Å². The Morgan fingerprint density at radius 1 is 1.06 bits per heavy atom. The second-order valence-electron chi connectivity index (χ2n) is 8.30. The molecule has 0 saturated carbocycles. The van der Waals surface area contributed by atoms with Crippen molar-refractivity contribution in [2.45, 2.75) is 32.5 Å². The van der Waals surface area contributed by atoms with E-state index in [1.54, 1.807) is 6.07 Å². The van der Waals surface area contributed by atoms with Crippen LogP contribution in [0.4, 0.5) is 0 Å². The Hall–Kier alpha value is -3.04. The average Bonchev–Trinajstić information content (AvgIpc) is 3.30. The van der Waals surface area contributed by atoms with Gasteiger partial charge in [-0.3, -0.25) is 0 Å². The number of hydrogen-bond acceptors (Lipinski definition) is 7. The van der Waals surface area contributed by atoms with Crippen LogP contribution in [-0.4, -0.2) is 43.5 Å². The highest BCUT2D eigenvalue weighted by Crippen LogP contribution is 2.36. The minimum atomic E-state index is -0.330. The molecule has 0 bridgehead atoms. The lowest BCUT2D eigenvalue weighted by Crippen LogP contribution is -2.19. The highest BCUT2D eigenvalue weighted by Gasteiger charge is 2.24. The summed E-state index contributed by atoms with van der Waals surface area (Å²) in [4.78, 5) is 0. The van der Waals surface area contributed by atoms with E-state index in [9.17, 15) is 15.3 Å². The topological polar surface area (TPSA) is 110 Å². The molecule has 1 aromatic heterocycles. The summed E-state index contributed by atoms with van der Waals surface area (Å²) in [5.41, 5.74) is 4.21. The fourth-order valence-electron chi connectivity index (χ4n) is 3.31. The Bertz CT molecular complexity index is 1190. The van der Waals surface area contributed by atoms with E-state index in [1.165, 1.54) is 17.1 Å². The number of aliphatic hydroxyl groups is 3. The summed E-state index contributed by atoms with van der Waals surface area (Å²) < 4.78 is 12.4. The summed E-state index contributed by atoms with van der Waals surface area (Å²) in [7, 11) is 0. The first kappa shape index (κ1) is 26.6. The second-order valence-corrected chi connectivity index (χ2v) is 8.92. The minimum absolute atomic E-state index is 0.0106. The van der Waals surface area contributed by atoms with Crippen molar-refractivity contribution in [1.82, 2.24) is 15.0 Å². The maximum Gasteiger partial charge on any atom is 0.146 e. The third kappa shape index (κ3) is 6.99. The van der Waals surface area contributed by atoms with Gasteiger partial charge in [-0.2, -0.15) is 0 Å². The third-order valence-corrected chi connectivity index (χ3v) is 5.98. The Morgan fingerprint density at radius 3 is 2.43 bits per heavy atom. The smallest absolute Gasteiger partial charge is 0.146 e. The number of rotatable bonds is 11. The van der Waals surface area contributed by atoms with Gasteiger partial charge in [-0.1, -0.05) is 72.6 Å². The second kappa shape index (κ2) is 12.1. The number of benzene rings is 2. The van der Waals surface area contributed by atoms with Gasteiger partial charge in [-0.15, -0.1) is 5.10 Å². The molecule has 0 atom stereocenters. The molecule has 3 N–H and O–H groups in total. The molecule has 0 aliphatic carbocycles. The van der Waals surface area contributed by atoms with Crippen molar-refractivity contribution < 1.29 is 24.8 Å². The Kier molecular flexibility index (Phi) is 9.17. The van der Waals surface area contributed by atoms with Gasteiger partial charge in [-0.05, 0) is 28.8 Å². The highest BCUT2D eigenvalue weighted by atomic mass is 35.5. The Morgan fingerprint density at radius 2 is 1.77 bits per heavy atom. The van der Waals surface area contributed by atoms with E-state index in [0.717, 1.165) is 22.2 Å². The summed E-state index contributed by atoms with van der Waals surface area (Å²) in [6.45, 7) is 4.20. The van der Waals surface area contributed by atoms with Gasteiger partial charge in [0.15, 0.2) is 0 Å². The van der Waals surface area contributed by atoms with Crippen LogP contribution in [-0.2, 0) is 23.4 Å². The van der Waals surface area contributed by atoms with Crippen molar-refractivity contribution >= 4 is 29.4 Å². The van der Waals surface area contributed by atoms with Crippen molar-refractivity contribution in [1.29, 1.82) is 0 Å². The number of ether oxygens (including phenoxy) is 2. The van der Waals surface area contributed by atoms with Crippen molar-refractivity contribution in [3.8, 4) is 5.75 Å². The quantitative estimate of drug-likeness (QED) is 0.293. The van der Waals surface area contributed by atoms with Crippen LogP contribution in [0.1, 0.15) is 36.2 Å². The molecule has 0 amide bonds. The molecule has 10 heteroatoms. The monoisotopic (exact) mass is 519 g/mol. The van der Waals surface area contributed by atoms with Crippen LogP contribution in [0.3, 0.4) is 0 Å². The summed E-state index contributed by atoms with van der Waals surface area (Å²) >= 11 is 11.8. The van der Waals surface area contributed by atoms with E-state index in [0.29, 0.717) is 23.1 Å². The predicted octanol–water partition coefficient (Wildman–Crippen LogP) is 5.34. The lowest BCUT2D eigenvalue weighted by molar-refractivity contribution is 0.116. The molecule has 0 fully saturated rings. The van der Waals surface area contributed by atoms with Crippen LogP contribution < -0.4 is 4.74 Å². The Balaban J connectivity index is 1.60. The molecular weight excluding hydrogens is 493 g/mol. The van der Waals surface area contributed by atoms with Crippen LogP contribution in [0.2, 0.25) is 5.02 Å². The van der Waals surface area contributed by atoms with Crippen LogP contribution in [0.25, 0.3) is 6.20 Å². The maximum atomic E-state index is 10.0. The minimum Gasteiger partial charge on any atom is -0.508 e. The van der Waals surface area contributed by atoms with Crippen LogP contribution in [0.15, 0.2) is 65.7 Å². The molecule has 0 saturated heterocycles. The summed E-state index contributed by atoms with van der Waals surface area (Å²) in [6, 6.07) is 13.6. The van der Waals surface area contributed by atoms with Crippen LogP contribution in [0, 0.1) is 0 Å². The van der Waals surface area contributed by atoms with E-state index < -0.39 is 0 Å². The Labute approximate surface area is 213 Å². The molecular formula is C25H27Cl2N3O5. The standard InChI is InChI=1S/C25H27Cl2N3O5/c1-25(2,19-7-8-24(23(27)9-19)35-16-21(32)10-26)18-5-3-17(4-6-18)14-34-15-22(33)12-30-20(13-31)11-28-29-30/h3-12,31-33H,13-16H2,1-2H3/b21-10-,22-12-. The van der Waals surface area contributed by atoms with E-state index in [-0.39, 0.29) is 36.8 Å². The maximum absolute atomic E-state index is 10.0. The molecule has 0 radical (unpaired) electrons. The van der Waals surface area contributed by atoms with E-state index in [4.69, 9.17) is 32.7 Å². The lowest BCUT2D eigenvalue weighted by atomic mass is 9.78. The molecule has 186 valence electrons. The largest absolute Gasteiger partial charge is 0.508 e. The molecule has 8 nitrogen and oxygen atoms in total. The van der Waals surface area contributed by atoms with Gasteiger partial charge in [0.1, 0.15) is 30.5 Å². The van der Waals surface area contributed by atoms with Gasteiger partial charge >= 0.3 is 0 Å². The zero-order valence-electron chi connectivity index (χ0n) is 19.4. The molecule has 0 aliphatic heterocycles. The molecule has 3 rings (SSSR count). The third-order valence-electron chi connectivity index (χ3n) is 5.43. The molecule has 2 aromatic carbocycles. The number of hydrogen-bond donors (Lipinski definition) is 3. The molecule has 0 spiro atoms. The number of halogens is 2. The SMILES string of the molecule is CC(C)(c1ccc(COC/C(O)=C/n2nncc2CO)cc1)c1ccc(OC/C(O)=C/Cl)c(Cl)c1. The first-order chi connectivity index (χ1) is 16.7. The van der Waals surface area contributed by atoms with Crippen molar-refractivity contribution in [3.05, 3.63) is 93.1 Å². The average molecular weight is 520 g/mol. The summed E-state index contributed by atoms with van der Waals surface area (Å²) in [5.74, 6) is 0.326. The fraction of sp³-hybridized carbons (Fsp3) is 0.280. The number of aliphatic hydroxyl groups excluding tert-OH is 3. The first-order valence-corrected chi connectivity index (χ1v) is 11.5. The van der Waals surface area contributed by atoms with Crippen LogP contribution >= 0.6 is 23.2 Å². The van der Waals surface area contributed by atoms with E-state index >= 15 is 0 Å². The van der Waals surface area contributed by atoms with Crippen molar-refractivity contribution in [2.75, 3.05) is 13.2 Å². The van der Waals surface area contributed by atoms with E-state index in [2.05, 4.69) is 24.2 Å². The highest BCUT2D eigenvalue weighted by molar-refractivity contribution is 6.32. The van der Waals surface area contributed by atoms with E-state index in [1.807, 2.05) is 36.4 Å². The van der Waals surface area contributed by atoms with Crippen molar-refractivity contribution in [3.63, 3.8) is 0 Å². The van der Waals surface area contributed by atoms with Gasteiger partial charge in [0.05, 0.1) is 36.3 Å². The molecule has 3 aromatic rings. The predicted molar refractivity (Wildman–Crippen MR) is 135 cm³/mol. The van der Waals surface area contributed by atoms with Gasteiger partial charge in [0.25, 0.3) is 0 Å². The molecule has 0 unspecified atom stereocenters. The summed E-state index contributed by atoms with van der Waals surface area (Å²) in [6.07, 6.45) is 2.76. The zero-order valence-corrected chi connectivity index (χ0v) is 20.9.